The number of aromatic nitrogens is 1. The second-order valence-electron chi connectivity index (χ2n) is 6.32. The molecule has 0 saturated heterocycles. The summed E-state index contributed by atoms with van der Waals surface area (Å²) < 4.78 is 5.71. The third kappa shape index (κ3) is 7.87. The van der Waals surface area contributed by atoms with E-state index in [4.69, 9.17) is 21.9 Å². The van der Waals surface area contributed by atoms with Gasteiger partial charge in [-0.3, -0.25) is 19.6 Å². The molecule has 0 aliphatic heterocycles. The van der Waals surface area contributed by atoms with Gasteiger partial charge in [-0.15, -0.1) is 0 Å². The Hall–Kier alpha value is -3.62. The number of hydrogen-bond donors (Lipinski definition) is 4. The molecule has 0 aliphatic carbocycles. The molecule has 2 rings (SSSR count). The molecule has 0 radical (unpaired) electrons. The van der Waals surface area contributed by atoms with Crippen LogP contribution in [0.4, 0.5) is 0 Å². The molecule has 0 unspecified atom stereocenters. The topological polar surface area (TPSA) is 159 Å². The molecule has 0 aliphatic rings. The molecular weight excluding hydrogens is 372 g/mol. The fourth-order valence-electron chi connectivity index (χ4n) is 2.58. The zero-order valence-corrected chi connectivity index (χ0v) is 16.1. The lowest BCUT2D eigenvalue weighted by molar-refractivity contribution is -0.120. The van der Waals surface area contributed by atoms with Crippen LogP contribution in [0.5, 0.6) is 5.75 Å². The minimum atomic E-state index is -0.814. The van der Waals surface area contributed by atoms with Gasteiger partial charge in [0, 0.05) is 30.4 Å². The molecule has 1 heterocycles. The lowest BCUT2D eigenvalue weighted by Crippen LogP contribution is -2.44. The molecule has 29 heavy (non-hydrogen) atoms. The number of nitrogens with zero attached hydrogens (tertiary/aromatic N) is 2. The zero-order chi connectivity index (χ0) is 21.1. The number of carbonyl (C=O) groups excluding carboxylic acids is 2. The van der Waals surface area contributed by atoms with Crippen LogP contribution in [-0.4, -0.2) is 42.0 Å². The predicted octanol–water partition coefficient (Wildman–Crippen LogP) is 0.340. The highest BCUT2D eigenvalue weighted by Gasteiger charge is 2.18. The maximum Gasteiger partial charge on any atom is 0.252 e. The van der Waals surface area contributed by atoms with Gasteiger partial charge in [0.25, 0.3) is 5.91 Å². The van der Waals surface area contributed by atoms with E-state index in [1.807, 2.05) is 18.2 Å². The number of primary amides is 1. The highest BCUT2D eigenvalue weighted by Crippen LogP contribution is 2.14. The van der Waals surface area contributed by atoms with Gasteiger partial charge in [0.2, 0.25) is 5.91 Å². The fourth-order valence-corrected chi connectivity index (χ4v) is 2.58. The first-order chi connectivity index (χ1) is 14.0. The van der Waals surface area contributed by atoms with Crippen molar-refractivity contribution in [2.24, 2.45) is 22.2 Å². The first-order valence-electron chi connectivity index (χ1n) is 9.24. The van der Waals surface area contributed by atoms with Gasteiger partial charge in [-0.25, -0.2) is 0 Å². The highest BCUT2D eigenvalue weighted by atomic mass is 16.5. The second-order valence-corrected chi connectivity index (χ2v) is 6.32. The monoisotopic (exact) mass is 398 g/mol. The Morgan fingerprint density at radius 2 is 1.97 bits per heavy atom. The molecule has 1 aromatic carbocycles. The summed E-state index contributed by atoms with van der Waals surface area (Å²) in [6.45, 7) is 0.776. The van der Waals surface area contributed by atoms with Gasteiger partial charge in [0.1, 0.15) is 11.8 Å². The molecule has 9 heteroatoms. The number of carbonyl (C=O) groups is 2. The van der Waals surface area contributed by atoms with Crippen molar-refractivity contribution in [2.45, 2.75) is 25.3 Å². The van der Waals surface area contributed by atoms with Gasteiger partial charge in [-0.05, 0) is 43.2 Å². The number of benzene rings is 1. The summed E-state index contributed by atoms with van der Waals surface area (Å²) in [4.78, 5) is 32.2. The minimum absolute atomic E-state index is 0.0236. The van der Waals surface area contributed by atoms with Crippen LogP contribution in [0.2, 0.25) is 0 Å². The molecule has 2 aromatic rings. The Labute approximate surface area is 169 Å². The number of aliphatic imine (C=N–C) groups is 1. The molecule has 9 nitrogen and oxygen atoms in total. The van der Waals surface area contributed by atoms with Gasteiger partial charge >= 0.3 is 0 Å². The van der Waals surface area contributed by atoms with Crippen molar-refractivity contribution >= 4 is 17.8 Å². The number of rotatable bonds is 11. The molecule has 0 spiro atoms. The third-order valence-electron chi connectivity index (χ3n) is 4.04. The molecular formula is C20H26N6O3. The van der Waals surface area contributed by atoms with E-state index in [9.17, 15) is 9.59 Å². The molecule has 0 bridgehead atoms. The molecule has 1 atom stereocenters. The summed E-state index contributed by atoms with van der Waals surface area (Å²) in [5.41, 5.74) is 17.2. The standard InChI is InChI=1S/C20H26N6O3/c21-18(27)17(8-4-11-25-20(22)23)26-19(28)14-5-3-7-16(13-14)29-12-9-15-6-1-2-10-24-15/h1-3,5-7,10,13,17H,4,8-9,11-12H2,(H2,21,27)(H,26,28)(H4,22,23,25)/t17-/m0/s1. The van der Waals surface area contributed by atoms with E-state index in [1.54, 1.807) is 30.5 Å². The summed E-state index contributed by atoms with van der Waals surface area (Å²) in [7, 11) is 0. The Balaban J connectivity index is 1.89. The van der Waals surface area contributed by atoms with Crippen molar-refractivity contribution in [3.63, 3.8) is 0 Å². The molecule has 0 fully saturated rings. The smallest absolute Gasteiger partial charge is 0.252 e. The van der Waals surface area contributed by atoms with Crippen LogP contribution in [0.25, 0.3) is 0 Å². The quantitative estimate of drug-likeness (QED) is 0.243. The lowest BCUT2D eigenvalue weighted by Gasteiger charge is -2.15. The molecule has 154 valence electrons. The van der Waals surface area contributed by atoms with Crippen LogP contribution in [-0.2, 0) is 11.2 Å². The van der Waals surface area contributed by atoms with E-state index < -0.39 is 17.9 Å². The average molecular weight is 398 g/mol. The fraction of sp³-hybridized carbons (Fsp3) is 0.300. The van der Waals surface area contributed by atoms with Crippen molar-refractivity contribution in [3.05, 3.63) is 59.9 Å². The van der Waals surface area contributed by atoms with Crippen LogP contribution in [0.1, 0.15) is 28.9 Å². The number of guanidine groups is 1. The third-order valence-corrected chi connectivity index (χ3v) is 4.04. The summed E-state index contributed by atoms with van der Waals surface area (Å²) in [5, 5.41) is 2.64. The summed E-state index contributed by atoms with van der Waals surface area (Å²) in [6.07, 6.45) is 3.21. The molecule has 1 aromatic heterocycles. The van der Waals surface area contributed by atoms with Crippen LogP contribution in [0.3, 0.4) is 0 Å². The van der Waals surface area contributed by atoms with E-state index in [-0.39, 0.29) is 5.96 Å². The van der Waals surface area contributed by atoms with Crippen molar-refractivity contribution in [3.8, 4) is 5.75 Å². The van der Waals surface area contributed by atoms with E-state index in [2.05, 4.69) is 15.3 Å². The number of ether oxygens (including phenoxy) is 1. The largest absolute Gasteiger partial charge is 0.493 e. The van der Waals surface area contributed by atoms with E-state index in [1.165, 1.54) is 0 Å². The Bertz CT molecular complexity index is 837. The number of hydrogen-bond acceptors (Lipinski definition) is 5. The first kappa shape index (κ1) is 21.7. The second kappa shape index (κ2) is 11.3. The van der Waals surface area contributed by atoms with Crippen LogP contribution in [0.15, 0.2) is 53.7 Å². The number of nitrogens with one attached hydrogen (secondary N) is 1. The predicted molar refractivity (Wildman–Crippen MR) is 110 cm³/mol. The summed E-state index contributed by atoms with van der Waals surface area (Å²) in [5.74, 6) is -0.502. The van der Waals surface area contributed by atoms with Gasteiger partial charge in [-0.1, -0.05) is 12.1 Å². The molecule has 2 amide bonds. The van der Waals surface area contributed by atoms with E-state index >= 15 is 0 Å². The van der Waals surface area contributed by atoms with Crippen LogP contribution < -0.4 is 27.3 Å². The van der Waals surface area contributed by atoms with Gasteiger partial charge in [0.05, 0.1) is 6.61 Å². The van der Waals surface area contributed by atoms with Gasteiger partial charge in [0.15, 0.2) is 5.96 Å². The van der Waals surface area contributed by atoms with Crippen LogP contribution in [0, 0.1) is 0 Å². The average Bonchev–Trinajstić information content (AvgIpc) is 2.71. The SMILES string of the molecule is NC(=O)[C@H](CCCN=C(N)N)NC(=O)c1cccc(OCCc2ccccn2)c1. The normalized spacial score (nSPS) is 11.3. The summed E-state index contributed by atoms with van der Waals surface area (Å²) in [6, 6.07) is 11.6. The molecule has 0 saturated carbocycles. The summed E-state index contributed by atoms with van der Waals surface area (Å²) >= 11 is 0. The maximum atomic E-state index is 12.5. The maximum absolute atomic E-state index is 12.5. The van der Waals surface area contributed by atoms with Crippen LogP contribution >= 0.6 is 0 Å². The number of nitrogens with two attached hydrogens (primary N) is 3. The van der Waals surface area contributed by atoms with Gasteiger partial charge < -0.3 is 27.3 Å². The van der Waals surface area contributed by atoms with Crippen molar-refractivity contribution < 1.29 is 14.3 Å². The molecule has 7 N–H and O–H groups in total. The minimum Gasteiger partial charge on any atom is -0.493 e. The first-order valence-corrected chi connectivity index (χ1v) is 9.24. The van der Waals surface area contributed by atoms with Gasteiger partial charge in [-0.2, -0.15) is 0 Å². The Morgan fingerprint density at radius 1 is 1.14 bits per heavy atom. The van der Waals surface area contributed by atoms with Crippen molar-refractivity contribution in [2.75, 3.05) is 13.2 Å². The van der Waals surface area contributed by atoms with E-state index in [0.717, 1.165) is 5.69 Å². The van der Waals surface area contributed by atoms with Crippen molar-refractivity contribution in [1.82, 2.24) is 10.3 Å². The van der Waals surface area contributed by atoms with Crippen molar-refractivity contribution in [1.29, 1.82) is 0 Å². The number of amides is 2. The highest BCUT2D eigenvalue weighted by molar-refractivity contribution is 5.97. The zero-order valence-electron chi connectivity index (χ0n) is 16.1. The van der Waals surface area contributed by atoms with E-state index in [0.29, 0.717) is 43.7 Å². The Kier molecular flexibility index (Phi) is 8.43. The number of pyridine rings is 1. The Morgan fingerprint density at radius 3 is 2.66 bits per heavy atom. The lowest BCUT2D eigenvalue weighted by atomic mass is 10.1.